The van der Waals surface area contributed by atoms with Gasteiger partial charge in [-0.3, -0.25) is 9.59 Å². The number of halogens is 1. The van der Waals surface area contributed by atoms with Gasteiger partial charge in [0.05, 0.1) is 28.7 Å². The van der Waals surface area contributed by atoms with E-state index in [2.05, 4.69) is 15.0 Å². The minimum atomic E-state index is -0.212. The molecule has 8 heteroatoms. The Morgan fingerprint density at radius 2 is 1.94 bits per heavy atom. The first-order valence-electron chi connectivity index (χ1n) is 10.0. The summed E-state index contributed by atoms with van der Waals surface area (Å²) in [7, 11) is 0. The van der Waals surface area contributed by atoms with Crippen molar-refractivity contribution in [2.45, 2.75) is 26.3 Å². The van der Waals surface area contributed by atoms with Crippen LogP contribution in [-0.2, 0) is 17.8 Å². The molecule has 31 heavy (non-hydrogen) atoms. The van der Waals surface area contributed by atoms with Gasteiger partial charge in [-0.05, 0) is 31.2 Å². The van der Waals surface area contributed by atoms with E-state index in [0.29, 0.717) is 46.4 Å². The predicted octanol–water partition coefficient (Wildman–Crippen LogP) is 4.21. The van der Waals surface area contributed by atoms with Crippen LogP contribution in [0.25, 0.3) is 22.2 Å². The van der Waals surface area contributed by atoms with Crippen LogP contribution in [0.15, 0.2) is 63.9 Å². The lowest BCUT2D eigenvalue weighted by atomic mass is 10.2. The number of aromatic amines is 1. The van der Waals surface area contributed by atoms with Crippen LogP contribution in [0.2, 0.25) is 5.02 Å². The molecule has 2 aromatic heterocycles. The normalized spacial score (nSPS) is 11.0. The molecular formula is C23H21ClN4O3. The molecule has 1 amide bonds. The van der Waals surface area contributed by atoms with Gasteiger partial charge in [-0.1, -0.05) is 35.9 Å². The zero-order valence-corrected chi connectivity index (χ0v) is 17.7. The zero-order chi connectivity index (χ0) is 21.8. The van der Waals surface area contributed by atoms with E-state index < -0.39 is 0 Å². The van der Waals surface area contributed by atoms with E-state index >= 15 is 0 Å². The third-order valence-corrected chi connectivity index (χ3v) is 5.31. The SMILES string of the molecule is CCN(Cc1nc2ccccc2c(=O)[nH]1)C(=O)CCc1ncc(-c2ccccc2Cl)o1. The van der Waals surface area contributed by atoms with Crippen molar-refractivity contribution >= 4 is 28.4 Å². The van der Waals surface area contributed by atoms with Crippen LogP contribution in [0, 0.1) is 0 Å². The zero-order valence-electron chi connectivity index (χ0n) is 17.0. The summed E-state index contributed by atoms with van der Waals surface area (Å²) in [6.45, 7) is 2.61. The van der Waals surface area contributed by atoms with Crippen molar-refractivity contribution in [3.8, 4) is 11.3 Å². The Labute approximate surface area is 183 Å². The summed E-state index contributed by atoms with van der Waals surface area (Å²) in [6.07, 6.45) is 2.21. The highest BCUT2D eigenvalue weighted by Crippen LogP contribution is 2.28. The van der Waals surface area contributed by atoms with Crippen molar-refractivity contribution in [3.63, 3.8) is 0 Å². The molecule has 0 fully saturated rings. The molecule has 0 bridgehead atoms. The van der Waals surface area contributed by atoms with E-state index in [1.54, 1.807) is 35.4 Å². The van der Waals surface area contributed by atoms with E-state index in [0.717, 1.165) is 5.56 Å². The molecule has 0 aliphatic carbocycles. The van der Waals surface area contributed by atoms with Crippen molar-refractivity contribution in [3.05, 3.63) is 81.8 Å². The second-order valence-electron chi connectivity index (χ2n) is 7.04. The van der Waals surface area contributed by atoms with Crippen molar-refractivity contribution in [2.24, 2.45) is 0 Å². The Hall–Kier alpha value is -3.45. The van der Waals surface area contributed by atoms with Crippen LogP contribution in [0.5, 0.6) is 0 Å². The first-order valence-corrected chi connectivity index (χ1v) is 10.4. The van der Waals surface area contributed by atoms with Gasteiger partial charge in [-0.25, -0.2) is 9.97 Å². The fourth-order valence-electron chi connectivity index (χ4n) is 3.35. The highest BCUT2D eigenvalue weighted by Gasteiger charge is 2.16. The molecule has 0 radical (unpaired) electrons. The summed E-state index contributed by atoms with van der Waals surface area (Å²) in [5.74, 6) is 1.42. The van der Waals surface area contributed by atoms with Crippen LogP contribution >= 0.6 is 11.6 Å². The summed E-state index contributed by atoms with van der Waals surface area (Å²) >= 11 is 6.20. The number of hydrogen-bond acceptors (Lipinski definition) is 5. The Kier molecular flexibility index (Phi) is 6.13. The second kappa shape index (κ2) is 9.14. The van der Waals surface area contributed by atoms with E-state index in [1.165, 1.54) is 0 Å². The van der Waals surface area contributed by atoms with Gasteiger partial charge in [0.2, 0.25) is 5.91 Å². The number of fused-ring (bicyclic) bond motifs is 1. The number of aryl methyl sites for hydroxylation is 1. The first-order chi connectivity index (χ1) is 15.0. The number of benzene rings is 2. The summed E-state index contributed by atoms with van der Waals surface area (Å²) in [6, 6.07) is 14.5. The number of nitrogens with zero attached hydrogens (tertiary/aromatic N) is 3. The molecule has 0 saturated carbocycles. The van der Waals surface area contributed by atoms with Gasteiger partial charge in [-0.15, -0.1) is 0 Å². The lowest BCUT2D eigenvalue weighted by molar-refractivity contribution is -0.131. The Morgan fingerprint density at radius 1 is 1.16 bits per heavy atom. The average molecular weight is 437 g/mol. The number of amides is 1. The number of carbonyl (C=O) groups is 1. The van der Waals surface area contributed by atoms with E-state index in [1.807, 2.05) is 31.2 Å². The molecule has 4 rings (SSSR count). The van der Waals surface area contributed by atoms with Crippen LogP contribution in [-0.4, -0.2) is 32.3 Å². The minimum absolute atomic E-state index is 0.0733. The summed E-state index contributed by atoms with van der Waals surface area (Å²) < 4.78 is 5.77. The van der Waals surface area contributed by atoms with Gasteiger partial charge >= 0.3 is 0 Å². The lowest BCUT2D eigenvalue weighted by Crippen LogP contribution is -2.32. The molecule has 0 spiro atoms. The average Bonchev–Trinajstić information content (AvgIpc) is 3.25. The number of rotatable bonds is 7. The van der Waals surface area contributed by atoms with E-state index in [4.69, 9.17) is 16.0 Å². The third-order valence-electron chi connectivity index (χ3n) is 4.98. The monoisotopic (exact) mass is 436 g/mol. The molecular weight excluding hydrogens is 416 g/mol. The maximum Gasteiger partial charge on any atom is 0.258 e. The van der Waals surface area contributed by atoms with Gasteiger partial charge in [0.1, 0.15) is 5.82 Å². The molecule has 2 aromatic carbocycles. The molecule has 0 aliphatic heterocycles. The molecule has 4 aromatic rings. The largest absolute Gasteiger partial charge is 0.441 e. The Balaban J connectivity index is 1.42. The van der Waals surface area contributed by atoms with Crippen LogP contribution in [0.4, 0.5) is 0 Å². The van der Waals surface area contributed by atoms with Gasteiger partial charge in [0.15, 0.2) is 11.7 Å². The van der Waals surface area contributed by atoms with Crippen LogP contribution in [0.1, 0.15) is 25.1 Å². The fourth-order valence-corrected chi connectivity index (χ4v) is 3.58. The van der Waals surface area contributed by atoms with E-state index in [9.17, 15) is 9.59 Å². The van der Waals surface area contributed by atoms with Gasteiger partial charge < -0.3 is 14.3 Å². The van der Waals surface area contributed by atoms with Crippen molar-refractivity contribution in [1.82, 2.24) is 19.9 Å². The predicted molar refractivity (Wildman–Crippen MR) is 119 cm³/mol. The number of hydrogen-bond donors (Lipinski definition) is 1. The quantitative estimate of drug-likeness (QED) is 0.468. The standard InChI is InChI=1S/C23H21ClN4O3/c1-2-28(14-20-26-18-10-6-4-8-16(18)23(30)27-20)22(29)12-11-21-25-13-19(31-21)15-7-3-5-9-17(15)24/h3-10,13H,2,11-12,14H2,1H3,(H,26,27,30). The summed E-state index contributed by atoms with van der Waals surface area (Å²) in [4.78, 5) is 38.2. The van der Waals surface area contributed by atoms with Crippen LogP contribution in [0.3, 0.4) is 0 Å². The second-order valence-corrected chi connectivity index (χ2v) is 7.44. The van der Waals surface area contributed by atoms with Gasteiger partial charge in [0, 0.05) is 24.9 Å². The summed E-state index contributed by atoms with van der Waals surface area (Å²) in [5.41, 5.74) is 1.16. The van der Waals surface area contributed by atoms with Gasteiger partial charge in [0.25, 0.3) is 5.56 Å². The highest BCUT2D eigenvalue weighted by atomic mass is 35.5. The number of H-pyrrole nitrogens is 1. The molecule has 158 valence electrons. The summed E-state index contributed by atoms with van der Waals surface area (Å²) in [5, 5.41) is 1.11. The molecule has 0 saturated heterocycles. The Bertz CT molecular complexity index is 1280. The molecule has 0 aliphatic rings. The van der Waals surface area contributed by atoms with Crippen LogP contribution < -0.4 is 5.56 Å². The smallest absolute Gasteiger partial charge is 0.258 e. The molecule has 7 nitrogen and oxygen atoms in total. The molecule has 0 unspecified atom stereocenters. The number of aromatic nitrogens is 3. The highest BCUT2D eigenvalue weighted by molar-refractivity contribution is 6.33. The minimum Gasteiger partial charge on any atom is -0.441 e. The fraction of sp³-hybridized carbons (Fsp3) is 0.217. The number of para-hydroxylation sites is 1. The number of nitrogens with one attached hydrogen (secondary N) is 1. The third kappa shape index (κ3) is 4.67. The number of oxazole rings is 1. The lowest BCUT2D eigenvalue weighted by Gasteiger charge is -2.20. The van der Waals surface area contributed by atoms with Crippen molar-refractivity contribution in [1.29, 1.82) is 0 Å². The molecule has 1 N–H and O–H groups in total. The Morgan fingerprint density at radius 3 is 2.74 bits per heavy atom. The van der Waals surface area contributed by atoms with Gasteiger partial charge in [-0.2, -0.15) is 0 Å². The molecule has 2 heterocycles. The first kappa shape index (κ1) is 20.8. The van der Waals surface area contributed by atoms with Crippen molar-refractivity contribution in [2.75, 3.05) is 6.54 Å². The topological polar surface area (TPSA) is 92.1 Å². The number of carbonyl (C=O) groups excluding carboxylic acids is 1. The van der Waals surface area contributed by atoms with E-state index in [-0.39, 0.29) is 24.4 Å². The maximum atomic E-state index is 12.7. The van der Waals surface area contributed by atoms with Crippen molar-refractivity contribution < 1.29 is 9.21 Å². The maximum absolute atomic E-state index is 12.7. The molecule has 0 atom stereocenters.